The van der Waals surface area contributed by atoms with Gasteiger partial charge in [0.15, 0.2) is 17.3 Å². The number of hydrogen-bond donors (Lipinski definition) is 4. The smallest absolute Gasteiger partial charge is 0.240 e. The van der Waals surface area contributed by atoms with E-state index in [1.165, 1.54) is 9.80 Å². The van der Waals surface area contributed by atoms with Crippen LogP contribution in [0.15, 0.2) is 18.2 Å². The van der Waals surface area contributed by atoms with Crippen molar-refractivity contribution in [2.24, 2.45) is 10.8 Å². The molecule has 0 saturated carbocycles. The van der Waals surface area contributed by atoms with Crippen LogP contribution in [0.5, 0.6) is 11.5 Å². The largest absolute Gasteiger partial charge is 0.504 e. The molecule has 4 heterocycles. The number of Topliss-reactive ketones (excluding diaryl/α,β-unsaturated/α-hetero) is 1. The molecule has 21 heavy (non-hydrogen) atoms. The lowest BCUT2D eigenvalue weighted by atomic mass is 9.62. The first kappa shape index (κ1) is 13.1. The Balaban J connectivity index is 1.75. The third-order valence-corrected chi connectivity index (χ3v) is 5.71. The van der Waals surface area contributed by atoms with Crippen LogP contribution < -0.4 is 9.80 Å². The molecule has 5 nitrogen and oxygen atoms in total. The normalized spacial score (nSPS) is 44.3. The van der Waals surface area contributed by atoms with E-state index >= 15 is 0 Å². The first-order chi connectivity index (χ1) is 9.82. The van der Waals surface area contributed by atoms with Gasteiger partial charge in [0.1, 0.15) is 10.8 Å². The predicted octanol–water partition coefficient (Wildman–Crippen LogP) is -1.51. The molecule has 0 spiro atoms. The van der Waals surface area contributed by atoms with Gasteiger partial charge in [0, 0.05) is 0 Å². The van der Waals surface area contributed by atoms with Crippen LogP contribution >= 0.6 is 0 Å². The molecule has 0 amide bonds. The summed E-state index contributed by atoms with van der Waals surface area (Å²) >= 11 is 0. The number of benzene rings is 1. The fourth-order valence-electron chi connectivity index (χ4n) is 5.19. The number of phenols is 2. The second-order valence-corrected chi connectivity index (χ2v) is 7.66. The average Bonchev–Trinajstić information content (AvgIpc) is 2.38. The van der Waals surface area contributed by atoms with Gasteiger partial charge in [-0.25, -0.2) is 0 Å². The summed E-state index contributed by atoms with van der Waals surface area (Å²) in [5.41, 5.74) is 0.644. The monoisotopic (exact) mass is 290 g/mol. The van der Waals surface area contributed by atoms with E-state index in [0.29, 0.717) is 5.78 Å². The van der Waals surface area contributed by atoms with Gasteiger partial charge in [-0.2, -0.15) is 0 Å². The fourth-order valence-corrected chi connectivity index (χ4v) is 5.19. The van der Waals surface area contributed by atoms with Crippen LogP contribution in [0.3, 0.4) is 0 Å². The SMILES string of the molecule is CC12C[NH+]3CC(C)(C[NH+](C1)C3c1ccc(O)c(O)c1)C2=O. The van der Waals surface area contributed by atoms with Crippen molar-refractivity contribution < 1.29 is 24.8 Å². The highest BCUT2D eigenvalue weighted by Crippen LogP contribution is 2.36. The second kappa shape index (κ2) is 3.78. The molecule has 0 aliphatic carbocycles. The number of rotatable bonds is 1. The van der Waals surface area contributed by atoms with Crippen LogP contribution in [-0.2, 0) is 4.79 Å². The van der Waals surface area contributed by atoms with Crippen LogP contribution in [0, 0.1) is 10.8 Å². The highest BCUT2D eigenvalue weighted by molar-refractivity contribution is 5.91. The number of hydrogen-bond acceptors (Lipinski definition) is 3. The Labute approximate surface area is 123 Å². The first-order valence-corrected chi connectivity index (χ1v) is 7.58. The van der Waals surface area contributed by atoms with Gasteiger partial charge in [0.2, 0.25) is 6.17 Å². The van der Waals surface area contributed by atoms with E-state index in [4.69, 9.17) is 0 Å². The van der Waals surface area contributed by atoms with Gasteiger partial charge in [-0.15, -0.1) is 0 Å². The Morgan fingerprint density at radius 3 is 2.00 bits per heavy atom. The maximum atomic E-state index is 12.7. The molecule has 0 atom stereocenters. The van der Waals surface area contributed by atoms with Gasteiger partial charge in [-0.1, -0.05) is 0 Å². The summed E-state index contributed by atoms with van der Waals surface area (Å²) in [6.07, 6.45) is 0.255. The first-order valence-electron chi connectivity index (χ1n) is 7.58. The van der Waals surface area contributed by atoms with Crippen molar-refractivity contribution in [2.75, 3.05) is 26.2 Å². The second-order valence-electron chi connectivity index (χ2n) is 7.66. The van der Waals surface area contributed by atoms with Crippen molar-refractivity contribution in [1.82, 2.24) is 0 Å². The Bertz CT molecular complexity index is 602. The summed E-state index contributed by atoms with van der Waals surface area (Å²) in [5.74, 6) is 0.303. The molecule has 1 aromatic rings. The molecule has 4 saturated heterocycles. The maximum absolute atomic E-state index is 12.7. The number of carbonyl (C=O) groups is 1. The molecule has 5 rings (SSSR count). The zero-order valence-corrected chi connectivity index (χ0v) is 12.4. The number of carbonyl (C=O) groups excluding carboxylic acids is 1. The lowest BCUT2D eigenvalue weighted by Crippen LogP contribution is -3.41. The van der Waals surface area contributed by atoms with Gasteiger partial charge in [-0.05, 0) is 32.0 Å². The van der Waals surface area contributed by atoms with E-state index in [1.54, 1.807) is 12.1 Å². The van der Waals surface area contributed by atoms with E-state index in [2.05, 4.69) is 13.8 Å². The molecular weight excluding hydrogens is 268 g/mol. The lowest BCUT2D eigenvalue weighted by Gasteiger charge is -2.58. The summed E-state index contributed by atoms with van der Waals surface area (Å²) in [4.78, 5) is 15.5. The summed E-state index contributed by atoms with van der Waals surface area (Å²) < 4.78 is 0. The molecule has 4 bridgehead atoms. The third kappa shape index (κ3) is 1.61. The number of phenolic OH excluding ortho intramolecular Hbond substituents is 2. The fraction of sp³-hybridized carbons (Fsp3) is 0.562. The molecule has 0 radical (unpaired) electrons. The Hall–Kier alpha value is -1.59. The van der Waals surface area contributed by atoms with Crippen LogP contribution in [0.1, 0.15) is 25.6 Å². The molecule has 4 aliphatic rings. The third-order valence-electron chi connectivity index (χ3n) is 5.71. The van der Waals surface area contributed by atoms with E-state index in [-0.39, 0.29) is 28.5 Å². The summed E-state index contributed by atoms with van der Waals surface area (Å²) in [6, 6.07) is 5.13. The maximum Gasteiger partial charge on any atom is 0.240 e. The molecular formula is C16H22N2O3+2. The summed E-state index contributed by atoms with van der Waals surface area (Å²) in [5, 5.41) is 19.3. The molecule has 0 unspecified atom stereocenters. The van der Waals surface area contributed by atoms with Crippen LogP contribution in [-0.4, -0.2) is 42.2 Å². The van der Waals surface area contributed by atoms with E-state index < -0.39 is 0 Å². The zero-order chi connectivity index (χ0) is 15.0. The Morgan fingerprint density at radius 1 is 1.00 bits per heavy atom. The Kier molecular flexibility index (Phi) is 2.36. The highest BCUT2D eigenvalue weighted by Gasteiger charge is 2.68. The summed E-state index contributed by atoms with van der Waals surface area (Å²) in [6.45, 7) is 7.70. The van der Waals surface area contributed by atoms with Crippen LogP contribution in [0.2, 0.25) is 0 Å². The molecule has 4 aliphatic heterocycles. The quantitative estimate of drug-likeness (QED) is 0.476. The number of quaternary nitrogens is 2. The van der Waals surface area contributed by atoms with E-state index in [0.717, 1.165) is 31.7 Å². The van der Waals surface area contributed by atoms with Crippen molar-refractivity contribution in [3.8, 4) is 11.5 Å². The Morgan fingerprint density at radius 2 is 1.52 bits per heavy atom. The minimum absolute atomic E-state index is 0.0593. The van der Waals surface area contributed by atoms with Gasteiger partial charge in [0.05, 0.1) is 31.7 Å². The van der Waals surface area contributed by atoms with Crippen molar-refractivity contribution in [1.29, 1.82) is 0 Å². The van der Waals surface area contributed by atoms with Crippen LogP contribution in [0.4, 0.5) is 0 Å². The number of piperidine rings is 2. The molecule has 0 aromatic heterocycles. The van der Waals surface area contributed by atoms with E-state index in [1.807, 2.05) is 6.07 Å². The molecule has 5 heteroatoms. The minimum atomic E-state index is -0.203. The van der Waals surface area contributed by atoms with Crippen molar-refractivity contribution in [3.63, 3.8) is 0 Å². The van der Waals surface area contributed by atoms with Gasteiger partial charge >= 0.3 is 0 Å². The lowest BCUT2D eigenvalue weighted by molar-refractivity contribution is -1.18. The number of aromatic hydroxyl groups is 2. The number of ketones is 1. The molecule has 4 N–H and O–H groups in total. The van der Waals surface area contributed by atoms with Crippen molar-refractivity contribution in [3.05, 3.63) is 23.8 Å². The van der Waals surface area contributed by atoms with Crippen molar-refractivity contribution in [2.45, 2.75) is 20.0 Å². The van der Waals surface area contributed by atoms with Gasteiger partial charge in [0.25, 0.3) is 0 Å². The molecule has 112 valence electrons. The average molecular weight is 290 g/mol. The zero-order valence-electron chi connectivity index (χ0n) is 12.4. The summed E-state index contributed by atoms with van der Waals surface area (Å²) in [7, 11) is 0. The predicted molar refractivity (Wildman–Crippen MR) is 75.1 cm³/mol. The van der Waals surface area contributed by atoms with E-state index in [9.17, 15) is 15.0 Å². The highest BCUT2D eigenvalue weighted by atomic mass is 16.3. The van der Waals surface area contributed by atoms with Crippen molar-refractivity contribution >= 4 is 5.78 Å². The number of nitrogens with one attached hydrogen (secondary N) is 2. The standard InChI is InChI=1S/C16H20N2O3/c1-15-6-17-8-16(2,14(15)21)9-18(7-15)13(17)10-3-4-11(19)12(20)5-10/h3-5,13,19-20H,6-9H2,1-2H3/p+2. The minimum Gasteiger partial charge on any atom is -0.504 e. The molecule has 1 aromatic carbocycles. The topological polar surface area (TPSA) is 66.4 Å². The molecule has 4 fully saturated rings. The van der Waals surface area contributed by atoms with Gasteiger partial charge in [-0.3, -0.25) is 14.6 Å². The van der Waals surface area contributed by atoms with Crippen LogP contribution in [0.25, 0.3) is 0 Å². The van der Waals surface area contributed by atoms with Gasteiger partial charge < -0.3 is 10.2 Å².